The molecule has 2 N–H and O–H groups in total. The topological polar surface area (TPSA) is 59.6 Å². The molecule has 0 heterocycles. The summed E-state index contributed by atoms with van der Waals surface area (Å²) in [6.45, 7) is 5.45. The average Bonchev–Trinajstić information content (AvgIpc) is 2.19. The van der Waals surface area contributed by atoms with Crippen molar-refractivity contribution in [2.45, 2.75) is 6.92 Å². The molecule has 0 aliphatic rings. The summed E-state index contributed by atoms with van der Waals surface area (Å²) in [7, 11) is 1.60. The van der Waals surface area contributed by atoms with E-state index in [2.05, 4.69) is 10.6 Å². The maximum Gasteiger partial charge on any atom is 0.246 e. The number of nitrogens with one attached hydrogen (secondary N) is 2. The molecule has 0 radical (unpaired) electrons. The summed E-state index contributed by atoms with van der Waals surface area (Å²) in [5.74, 6) is -0.0843. The van der Waals surface area contributed by atoms with Crippen molar-refractivity contribution in [2.75, 3.05) is 46.6 Å². The normalized spacial score (nSPS) is 10.1. The number of methoxy groups -OCH3 is 1. The van der Waals surface area contributed by atoms with Gasteiger partial charge in [-0.1, -0.05) is 6.92 Å². The minimum Gasteiger partial charge on any atom is -0.382 e. The summed E-state index contributed by atoms with van der Waals surface area (Å²) in [5, 5.41) is 5.83. The van der Waals surface area contributed by atoms with Crippen molar-refractivity contribution in [1.82, 2.24) is 10.6 Å². The summed E-state index contributed by atoms with van der Waals surface area (Å²) in [6, 6.07) is 0. The van der Waals surface area contributed by atoms with Gasteiger partial charge in [0.15, 0.2) is 0 Å². The van der Waals surface area contributed by atoms with Crippen LogP contribution in [-0.4, -0.2) is 52.5 Å². The number of rotatable bonds is 9. The first-order valence-corrected chi connectivity index (χ1v) is 4.85. The van der Waals surface area contributed by atoms with Crippen molar-refractivity contribution in [3.05, 3.63) is 0 Å². The Labute approximate surface area is 85.1 Å². The number of hydrogen-bond donors (Lipinski definition) is 2. The largest absolute Gasteiger partial charge is 0.382 e. The Morgan fingerprint density at radius 3 is 2.71 bits per heavy atom. The van der Waals surface area contributed by atoms with Crippen molar-refractivity contribution < 1.29 is 14.3 Å². The molecular weight excluding hydrogens is 184 g/mol. The van der Waals surface area contributed by atoms with E-state index in [1.807, 2.05) is 6.92 Å². The minimum atomic E-state index is -0.0843. The van der Waals surface area contributed by atoms with E-state index in [-0.39, 0.29) is 12.5 Å². The first kappa shape index (κ1) is 13.4. The summed E-state index contributed by atoms with van der Waals surface area (Å²) in [4.78, 5) is 11.1. The van der Waals surface area contributed by atoms with Gasteiger partial charge in [-0.25, -0.2) is 0 Å². The lowest BCUT2D eigenvalue weighted by atomic mass is 10.5. The fraction of sp³-hybridized carbons (Fsp3) is 0.889. The third-order valence-corrected chi connectivity index (χ3v) is 1.54. The Kier molecular flexibility index (Phi) is 9.95. The second-order valence-corrected chi connectivity index (χ2v) is 2.75. The van der Waals surface area contributed by atoms with Crippen LogP contribution in [0.25, 0.3) is 0 Å². The van der Waals surface area contributed by atoms with Gasteiger partial charge in [0.1, 0.15) is 6.61 Å². The molecule has 0 spiro atoms. The summed E-state index contributed by atoms with van der Waals surface area (Å²) >= 11 is 0. The molecule has 0 aliphatic heterocycles. The second kappa shape index (κ2) is 10.4. The van der Waals surface area contributed by atoms with Gasteiger partial charge in [0.05, 0.1) is 13.2 Å². The van der Waals surface area contributed by atoms with Crippen LogP contribution < -0.4 is 10.6 Å². The zero-order valence-electron chi connectivity index (χ0n) is 8.97. The van der Waals surface area contributed by atoms with Crippen LogP contribution in [-0.2, 0) is 14.3 Å². The molecule has 0 saturated heterocycles. The zero-order valence-corrected chi connectivity index (χ0v) is 8.97. The van der Waals surface area contributed by atoms with Gasteiger partial charge in [0.25, 0.3) is 0 Å². The van der Waals surface area contributed by atoms with Crippen LogP contribution in [0.2, 0.25) is 0 Å². The Morgan fingerprint density at radius 1 is 1.29 bits per heavy atom. The maximum absolute atomic E-state index is 11.1. The van der Waals surface area contributed by atoms with Crippen LogP contribution in [0, 0.1) is 0 Å². The van der Waals surface area contributed by atoms with E-state index in [4.69, 9.17) is 9.47 Å². The molecule has 0 bridgehead atoms. The number of hydrogen-bond acceptors (Lipinski definition) is 4. The van der Waals surface area contributed by atoms with Crippen molar-refractivity contribution in [3.63, 3.8) is 0 Å². The molecule has 84 valence electrons. The van der Waals surface area contributed by atoms with Gasteiger partial charge in [-0.2, -0.15) is 0 Å². The van der Waals surface area contributed by atoms with Crippen molar-refractivity contribution in [2.24, 2.45) is 0 Å². The van der Waals surface area contributed by atoms with Crippen molar-refractivity contribution in [3.8, 4) is 0 Å². The van der Waals surface area contributed by atoms with Gasteiger partial charge in [-0.15, -0.1) is 0 Å². The van der Waals surface area contributed by atoms with Gasteiger partial charge in [0, 0.05) is 20.2 Å². The maximum atomic E-state index is 11.1. The Bertz CT molecular complexity index is 128. The Morgan fingerprint density at radius 2 is 2.07 bits per heavy atom. The molecule has 0 saturated carbocycles. The third kappa shape index (κ3) is 9.44. The number of likely N-dealkylation sites (N-methyl/N-ethyl adjacent to an activating group) is 1. The monoisotopic (exact) mass is 204 g/mol. The van der Waals surface area contributed by atoms with Crippen LogP contribution in [0.3, 0.4) is 0 Å². The van der Waals surface area contributed by atoms with E-state index in [0.29, 0.717) is 19.8 Å². The van der Waals surface area contributed by atoms with E-state index in [1.165, 1.54) is 0 Å². The minimum absolute atomic E-state index is 0.0843. The molecule has 5 heteroatoms. The molecule has 0 aromatic carbocycles. The first-order chi connectivity index (χ1) is 6.81. The average molecular weight is 204 g/mol. The molecule has 5 nitrogen and oxygen atoms in total. The summed E-state index contributed by atoms with van der Waals surface area (Å²) < 4.78 is 9.81. The molecule has 0 fully saturated rings. The Hall–Kier alpha value is -0.650. The number of carbonyl (C=O) groups excluding carboxylic acids is 1. The molecule has 0 unspecified atom stereocenters. The number of ether oxygens (including phenoxy) is 2. The van der Waals surface area contributed by atoms with E-state index in [0.717, 1.165) is 13.1 Å². The van der Waals surface area contributed by atoms with E-state index in [9.17, 15) is 4.79 Å². The van der Waals surface area contributed by atoms with Crippen LogP contribution in [0.4, 0.5) is 0 Å². The van der Waals surface area contributed by atoms with E-state index in [1.54, 1.807) is 7.11 Å². The summed E-state index contributed by atoms with van der Waals surface area (Å²) in [6.07, 6.45) is 0. The lowest BCUT2D eigenvalue weighted by Crippen LogP contribution is -2.34. The molecular formula is C9H20N2O3. The Balaban J connectivity index is 3.11. The van der Waals surface area contributed by atoms with Gasteiger partial charge in [0.2, 0.25) is 5.91 Å². The molecule has 1 amide bonds. The SMILES string of the molecule is CCNCCNC(=O)COCCOC. The number of carbonyl (C=O) groups is 1. The highest BCUT2D eigenvalue weighted by Gasteiger charge is 1.99. The first-order valence-electron chi connectivity index (χ1n) is 4.85. The highest BCUT2D eigenvalue weighted by atomic mass is 16.5. The van der Waals surface area contributed by atoms with Crippen molar-refractivity contribution in [1.29, 1.82) is 0 Å². The molecule has 0 atom stereocenters. The lowest BCUT2D eigenvalue weighted by molar-refractivity contribution is -0.126. The van der Waals surface area contributed by atoms with Gasteiger partial charge >= 0.3 is 0 Å². The van der Waals surface area contributed by atoms with Crippen molar-refractivity contribution >= 4 is 5.91 Å². The summed E-state index contributed by atoms with van der Waals surface area (Å²) in [5.41, 5.74) is 0. The molecule has 14 heavy (non-hydrogen) atoms. The van der Waals surface area contributed by atoms with Gasteiger partial charge in [-0.05, 0) is 6.54 Å². The fourth-order valence-corrected chi connectivity index (χ4v) is 0.825. The number of amides is 1. The van der Waals surface area contributed by atoms with Crippen LogP contribution in [0.1, 0.15) is 6.92 Å². The highest BCUT2D eigenvalue weighted by molar-refractivity contribution is 5.77. The standard InChI is InChI=1S/C9H20N2O3/c1-3-10-4-5-11-9(12)8-14-7-6-13-2/h10H,3-8H2,1-2H3,(H,11,12). The predicted octanol–water partition coefficient (Wildman–Crippen LogP) is -0.625. The molecule has 0 aromatic rings. The molecule has 0 aromatic heterocycles. The fourth-order valence-electron chi connectivity index (χ4n) is 0.825. The predicted molar refractivity (Wildman–Crippen MR) is 54.2 cm³/mol. The second-order valence-electron chi connectivity index (χ2n) is 2.75. The lowest BCUT2D eigenvalue weighted by Gasteiger charge is -2.05. The highest BCUT2D eigenvalue weighted by Crippen LogP contribution is 1.76. The zero-order chi connectivity index (χ0) is 10.6. The van der Waals surface area contributed by atoms with Crippen LogP contribution >= 0.6 is 0 Å². The van der Waals surface area contributed by atoms with Gasteiger partial charge in [-0.3, -0.25) is 4.79 Å². The smallest absolute Gasteiger partial charge is 0.246 e. The third-order valence-electron chi connectivity index (χ3n) is 1.54. The van der Waals surface area contributed by atoms with E-state index < -0.39 is 0 Å². The molecule has 0 aliphatic carbocycles. The van der Waals surface area contributed by atoms with Gasteiger partial charge < -0.3 is 20.1 Å². The quantitative estimate of drug-likeness (QED) is 0.491. The van der Waals surface area contributed by atoms with E-state index >= 15 is 0 Å². The molecule has 0 rings (SSSR count). The van der Waals surface area contributed by atoms with Crippen LogP contribution in [0.5, 0.6) is 0 Å². The van der Waals surface area contributed by atoms with Crippen LogP contribution in [0.15, 0.2) is 0 Å².